The van der Waals surface area contributed by atoms with Crippen LogP contribution in [0.15, 0.2) is 53.7 Å². The standard InChI is InChI=1S/C22H25FN6O3S/c1-31-16-5-4-6-17(13-16)32-14-20-25-26-22(29(20)24)33-15-21(30)28-11-9-27(10-12-28)19-8-3-2-7-18(19)23/h2-8,13H,9-12,14-15,24H2,1H3. The number of halogens is 1. The predicted octanol–water partition coefficient (Wildman–Crippen LogP) is 2.16. The molecule has 0 atom stereocenters. The number of para-hydroxylation sites is 1. The number of benzene rings is 2. The van der Waals surface area contributed by atoms with Crippen LogP contribution < -0.4 is 20.2 Å². The molecule has 33 heavy (non-hydrogen) atoms. The highest BCUT2D eigenvalue weighted by atomic mass is 32.2. The first-order valence-electron chi connectivity index (χ1n) is 10.4. The number of aromatic nitrogens is 3. The lowest BCUT2D eigenvalue weighted by atomic mass is 10.2. The molecule has 1 aliphatic heterocycles. The summed E-state index contributed by atoms with van der Waals surface area (Å²) in [5.41, 5.74) is 0.568. The van der Waals surface area contributed by atoms with Gasteiger partial charge in [0, 0.05) is 32.2 Å². The minimum Gasteiger partial charge on any atom is -0.497 e. The number of anilines is 1. The summed E-state index contributed by atoms with van der Waals surface area (Å²) in [5, 5.41) is 8.55. The molecule has 1 aromatic heterocycles. The number of nitrogens with zero attached hydrogens (tertiary/aromatic N) is 5. The van der Waals surface area contributed by atoms with Gasteiger partial charge in [0.25, 0.3) is 0 Å². The second-order valence-electron chi connectivity index (χ2n) is 7.34. The molecule has 4 rings (SSSR count). The molecule has 1 saturated heterocycles. The quantitative estimate of drug-likeness (QED) is 0.393. The molecule has 0 bridgehead atoms. The molecule has 2 heterocycles. The Balaban J connectivity index is 1.26. The van der Waals surface area contributed by atoms with Gasteiger partial charge in [0.2, 0.25) is 11.1 Å². The molecule has 0 saturated carbocycles. The molecule has 1 aliphatic rings. The normalized spacial score (nSPS) is 13.8. The molecule has 0 aliphatic carbocycles. The molecular formula is C22H25FN6O3S. The van der Waals surface area contributed by atoms with Crippen LogP contribution in [-0.2, 0) is 11.4 Å². The lowest BCUT2D eigenvalue weighted by Gasteiger charge is -2.36. The molecule has 9 nitrogen and oxygen atoms in total. The van der Waals surface area contributed by atoms with Crippen molar-refractivity contribution >= 4 is 23.4 Å². The predicted molar refractivity (Wildman–Crippen MR) is 123 cm³/mol. The van der Waals surface area contributed by atoms with Crippen molar-refractivity contribution < 1.29 is 18.7 Å². The summed E-state index contributed by atoms with van der Waals surface area (Å²) >= 11 is 1.22. The van der Waals surface area contributed by atoms with Gasteiger partial charge in [-0.2, -0.15) is 0 Å². The summed E-state index contributed by atoms with van der Waals surface area (Å²) < 4.78 is 26.2. The Morgan fingerprint density at radius 2 is 1.85 bits per heavy atom. The largest absolute Gasteiger partial charge is 0.497 e. The smallest absolute Gasteiger partial charge is 0.233 e. The molecule has 174 valence electrons. The van der Waals surface area contributed by atoms with Crippen molar-refractivity contribution in [1.82, 2.24) is 19.8 Å². The Morgan fingerprint density at radius 3 is 2.61 bits per heavy atom. The summed E-state index contributed by atoms with van der Waals surface area (Å²) in [6.07, 6.45) is 0. The maximum atomic E-state index is 14.0. The fourth-order valence-electron chi connectivity index (χ4n) is 3.47. The number of methoxy groups -OCH3 is 1. The van der Waals surface area contributed by atoms with Crippen molar-refractivity contribution in [2.75, 3.05) is 49.8 Å². The third-order valence-electron chi connectivity index (χ3n) is 5.29. The highest BCUT2D eigenvalue weighted by Crippen LogP contribution is 2.22. The number of rotatable bonds is 8. The Hall–Kier alpha value is -3.47. The Kier molecular flexibility index (Phi) is 7.18. The van der Waals surface area contributed by atoms with Gasteiger partial charge in [-0.15, -0.1) is 10.2 Å². The summed E-state index contributed by atoms with van der Waals surface area (Å²) in [6.45, 7) is 2.35. The van der Waals surface area contributed by atoms with Crippen molar-refractivity contribution in [3.8, 4) is 11.5 Å². The minimum atomic E-state index is -0.249. The zero-order valence-corrected chi connectivity index (χ0v) is 19.0. The van der Waals surface area contributed by atoms with Crippen molar-refractivity contribution in [3.05, 3.63) is 60.2 Å². The lowest BCUT2D eigenvalue weighted by Crippen LogP contribution is -2.49. The number of hydrogen-bond donors (Lipinski definition) is 1. The molecular weight excluding hydrogens is 447 g/mol. The Bertz CT molecular complexity index is 1100. The number of nitrogen functional groups attached to an aromatic ring is 1. The van der Waals surface area contributed by atoms with Crippen LogP contribution >= 0.6 is 11.8 Å². The first-order valence-corrected chi connectivity index (χ1v) is 11.4. The molecule has 2 aromatic carbocycles. The number of carbonyl (C=O) groups excluding carboxylic acids is 1. The molecule has 0 unspecified atom stereocenters. The third-order valence-corrected chi connectivity index (χ3v) is 6.22. The maximum absolute atomic E-state index is 14.0. The van der Waals surface area contributed by atoms with E-state index in [-0.39, 0.29) is 24.1 Å². The SMILES string of the molecule is COc1cccc(OCc2nnc(SCC(=O)N3CCN(c4ccccc4F)CC3)n2N)c1. The fourth-order valence-corrected chi connectivity index (χ4v) is 4.24. The van der Waals surface area contributed by atoms with Gasteiger partial charge in [0.05, 0.1) is 18.6 Å². The van der Waals surface area contributed by atoms with E-state index < -0.39 is 0 Å². The van der Waals surface area contributed by atoms with Gasteiger partial charge in [-0.1, -0.05) is 30.0 Å². The monoisotopic (exact) mass is 472 g/mol. The van der Waals surface area contributed by atoms with Crippen molar-refractivity contribution in [2.24, 2.45) is 0 Å². The second-order valence-corrected chi connectivity index (χ2v) is 8.29. The number of amides is 1. The lowest BCUT2D eigenvalue weighted by molar-refractivity contribution is -0.128. The Labute approximate surface area is 195 Å². The van der Waals surface area contributed by atoms with E-state index in [9.17, 15) is 9.18 Å². The molecule has 0 spiro atoms. The summed E-state index contributed by atoms with van der Waals surface area (Å²) in [6, 6.07) is 13.9. The minimum absolute atomic E-state index is 0.0228. The number of nitrogens with two attached hydrogens (primary N) is 1. The molecule has 1 amide bonds. The van der Waals surface area contributed by atoms with E-state index in [1.54, 1.807) is 36.3 Å². The zero-order valence-electron chi connectivity index (χ0n) is 18.2. The van der Waals surface area contributed by atoms with Crippen molar-refractivity contribution in [1.29, 1.82) is 0 Å². The van der Waals surface area contributed by atoms with E-state index in [0.717, 1.165) is 0 Å². The summed E-state index contributed by atoms with van der Waals surface area (Å²) in [7, 11) is 1.59. The highest BCUT2D eigenvalue weighted by molar-refractivity contribution is 7.99. The third kappa shape index (κ3) is 5.48. The van der Waals surface area contributed by atoms with Gasteiger partial charge in [-0.05, 0) is 24.3 Å². The maximum Gasteiger partial charge on any atom is 0.233 e. The van der Waals surface area contributed by atoms with Crippen LogP contribution in [-0.4, -0.2) is 64.7 Å². The fraction of sp³-hybridized carbons (Fsp3) is 0.318. The number of ether oxygens (including phenoxy) is 2. The van der Waals surface area contributed by atoms with Crippen LogP contribution in [0.3, 0.4) is 0 Å². The Morgan fingerprint density at radius 1 is 1.09 bits per heavy atom. The first kappa shape index (κ1) is 22.7. The van der Waals surface area contributed by atoms with E-state index in [4.69, 9.17) is 15.3 Å². The molecule has 2 N–H and O–H groups in total. The summed E-state index contributed by atoms with van der Waals surface area (Å²) in [4.78, 5) is 16.4. The van der Waals surface area contributed by atoms with Gasteiger partial charge in [0.15, 0.2) is 5.82 Å². The number of thioether (sulfide) groups is 1. The first-order chi connectivity index (χ1) is 16.0. The molecule has 3 aromatic rings. The number of hydrogen-bond acceptors (Lipinski definition) is 8. The van der Waals surface area contributed by atoms with E-state index >= 15 is 0 Å². The van der Waals surface area contributed by atoms with Crippen LogP contribution in [0.4, 0.5) is 10.1 Å². The van der Waals surface area contributed by atoms with E-state index in [0.29, 0.717) is 54.3 Å². The number of carbonyl (C=O) groups is 1. The molecule has 0 radical (unpaired) electrons. The van der Waals surface area contributed by atoms with Crippen molar-refractivity contribution in [2.45, 2.75) is 11.8 Å². The van der Waals surface area contributed by atoms with E-state index in [1.807, 2.05) is 23.1 Å². The van der Waals surface area contributed by atoms with Crippen molar-refractivity contribution in [3.63, 3.8) is 0 Å². The van der Waals surface area contributed by atoms with Gasteiger partial charge in [-0.3, -0.25) is 4.79 Å². The van der Waals surface area contributed by atoms with Crippen LogP contribution in [0.5, 0.6) is 11.5 Å². The van der Waals surface area contributed by atoms with Crippen LogP contribution in [0.25, 0.3) is 0 Å². The molecule has 11 heteroatoms. The average molecular weight is 473 g/mol. The van der Waals surface area contributed by atoms with Crippen LogP contribution in [0, 0.1) is 5.82 Å². The second kappa shape index (κ2) is 10.4. The van der Waals surface area contributed by atoms with Crippen LogP contribution in [0.1, 0.15) is 5.82 Å². The van der Waals surface area contributed by atoms with Crippen LogP contribution in [0.2, 0.25) is 0 Å². The highest BCUT2D eigenvalue weighted by Gasteiger charge is 2.23. The van der Waals surface area contributed by atoms with Gasteiger partial charge >= 0.3 is 0 Å². The number of piperazine rings is 1. The summed E-state index contributed by atoms with van der Waals surface area (Å²) in [5.74, 6) is 7.74. The van der Waals surface area contributed by atoms with Gasteiger partial charge in [0.1, 0.15) is 23.9 Å². The van der Waals surface area contributed by atoms with E-state index in [2.05, 4.69) is 10.2 Å². The van der Waals surface area contributed by atoms with Gasteiger partial charge in [-0.25, -0.2) is 9.07 Å². The zero-order chi connectivity index (χ0) is 23.2. The van der Waals surface area contributed by atoms with Gasteiger partial charge < -0.3 is 25.1 Å². The average Bonchev–Trinajstić information content (AvgIpc) is 3.21. The van der Waals surface area contributed by atoms with E-state index in [1.165, 1.54) is 22.5 Å². The topological polar surface area (TPSA) is 98.7 Å². The molecule has 1 fully saturated rings.